The molecule has 0 spiro atoms. The fourth-order valence-corrected chi connectivity index (χ4v) is 2.97. The fraction of sp³-hybridized carbons (Fsp3) is 0.538. The molecule has 0 aliphatic carbocycles. The van der Waals surface area contributed by atoms with Crippen LogP contribution in [0.15, 0.2) is 11.1 Å². The molecule has 16 nitrogen and oxygen atoms in total. The topological polar surface area (TPSA) is 269 Å². The van der Waals surface area contributed by atoms with Crippen LogP contribution in [0.1, 0.15) is 6.23 Å². The first-order valence-electron chi connectivity index (χ1n) is 8.39. The molecule has 1 aliphatic rings. The number of carbonyl (C=O) groups is 1. The number of aromatic nitrogens is 4. The number of aliphatic hydroxyl groups excluding tert-OH is 2. The first-order chi connectivity index (χ1) is 14.4. The van der Waals surface area contributed by atoms with E-state index in [9.17, 15) is 24.4 Å². The van der Waals surface area contributed by atoms with Gasteiger partial charge in [0.2, 0.25) is 5.95 Å². The summed E-state index contributed by atoms with van der Waals surface area (Å²) in [4.78, 5) is 48.9. The van der Waals surface area contributed by atoms with Gasteiger partial charge < -0.3 is 41.3 Å². The lowest BCUT2D eigenvalue weighted by molar-refractivity contribution is -0.137. The first-order valence-corrected chi connectivity index (χ1v) is 10.5. The normalized spacial score (nSPS) is 24.6. The van der Waals surface area contributed by atoms with Gasteiger partial charge in [0.25, 0.3) is 5.56 Å². The highest BCUT2D eigenvalue weighted by Gasteiger charge is 2.45. The van der Waals surface area contributed by atoms with Gasteiger partial charge in [-0.25, -0.2) is 9.55 Å². The number of phosphoric ester groups is 1. The number of nitrogens with one attached hydrogen (secondary N) is 1. The molecule has 10 N–H and O–H groups in total. The van der Waals surface area contributed by atoms with Gasteiger partial charge in [-0.3, -0.25) is 23.7 Å². The van der Waals surface area contributed by atoms with Crippen molar-refractivity contribution < 1.29 is 43.7 Å². The van der Waals surface area contributed by atoms with Crippen molar-refractivity contribution in [2.24, 2.45) is 5.73 Å². The van der Waals surface area contributed by atoms with E-state index in [-0.39, 0.29) is 22.9 Å². The second-order valence-electron chi connectivity index (χ2n) is 6.24. The van der Waals surface area contributed by atoms with E-state index in [0.29, 0.717) is 0 Å². The summed E-state index contributed by atoms with van der Waals surface area (Å²) in [5.74, 6) is -0.992. The Balaban J connectivity index is 0.000000423. The lowest BCUT2D eigenvalue weighted by Gasteiger charge is -2.16. The number of ether oxygens (including phenoxy) is 1. The van der Waals surface area contributed by atoms with E-state index in [4.69, 9.17) is 31.1 Å². The van der Waals surface area contributed by atoms with Crippen LogP contribution in [0.25, 0.3) is 11.2 Å². The lowest BCUT2D eigenvalue weighted by Crippen LogP contribution is -2.33. The Morgan fingerprint density at radius 1 is 1.42 bits per heavy atom. The predicted octanol–water partition coefficient (Wildman–Crippen LogP) is -3.24. The molecule has 0 saturated carbocycles. The zero-order valence-corrected chi connectivity index (χ0v) is 17.3. The zero-order valence-electron chi connectivity index (χ0n) is 15.5. The molecule has 0 radical (unpaired) electrons. The summed E-state index contributed by atoms with van der Waals surface area (Å²) in [5.41, 5.74) is 9.78. The fourth-order valence-electron chi connectivity index (χ4n) is 2.47. The van der Waals surface area contributed by atoms with Crippen molar-refractivity contribution in [1.29, 1.82) is 0 Å². The number of fused-ring (bicyclic) bond motifs is 1. The Kier molecular flexibility index (Phi) is 8.15. The highest BCUT2D eigenvalue weighted by Crippen LogP contribution is 2.38. The molecule has 31 heavy (non-hydrogen) atoms. The van der Waals surface area contributed by atoms with E-state index in [1.165, 1.54) is 10.9 Å². The van der Waals surface area contributed by atoms with E-state index in [1.54, 1.807) is 0 Å². The Bertz CT molecular complexity index is 1030. The number of hydrogen-bond donors (Lipinski definition) is 9. The molecule has 0 amide bonds. The van der Waals surface area contributed by atoms with Gasteiger partial charge in [0, 0.05) is 5.75 Å². The number of thiol groups is 1. The molecule has 1 aliphatic heterocycles. The molecule has 5 atom stereocenters. The summed E-state index contributed by atoms with van der Waals surface area (Å²) in [7, 11) is -4.76. The predicted molar refractivity (Wildman–Crippen MR) is 106 cm³/mol. The number of nitrogens with zero attached hydrogens (tertiary/aromatic N) is 3. The first kappa shape index (κ1) is 25.2. The molecule has 0 bridgehead atoms. The van der Waals surface area contributed by atoms with E-state index in [2.05, 4.69) is 32.1 Å². The van der Waals surface area contributed by atoms with E-state index in [1.807, 2.05) is 0 Å². The number of rotatable bonds is 6. The van der Waals surface area contributed by atoms with Crippen LogP contribution in [0.4, 0.5) is 5.95 Å². The molecule has 1 saturated heterocycles. The van der Waals surface area contributed by atoms with Crippen LogP contribution in [0, 0.1) is 0 Å². The van der Waals surface area contributed by atoms with E-state index in [0.717, 1.165) is 0 Å². The number of carboxylic acid groups (broad SMARTS) is 1. The van der Waals surface area contributed by atoms with Gasteiger partial charge in [-0.05, 0) is 0 Å². The lowest BCUT2D eigenvalue weighted by atomic mass is 10.1. The third-order valence-corrected chi connectivity index (χ3v) is 4.86. The number of nitrogen functional groups attached to an aromatic ring is 1. The Labute approximate surface area is 178 Å². The maximum atomic E-state index is 11.7. The maximum absolute atomic E-state index is 11.7. The average molecular weight is 484 g/mol. The number of H-pyrrole nitrogens is 1. The third kappa shape index (κ3) is 6.22. The Hall–Kier alpha value is -2.08. The van der Waals surface area contributed by atoms with Crippen LogP contribution in [-0.4, -0.2) is 87.3 Å². The summed E-state index contributed by atoms with van der Waals surface area (Å²) >= 11 is 3.65. The molecule has 2 aromatic rings. The van der Waals surface area contributed by atoms with E-state index >= 15 is 0 Å². The molecule has 2 aromatic heterocycles. The largest absolute Gasteiger partial charge is 0.480 e. The minimum Gasteiger partial charge on any atom is -0.480 e. The summed E-state index contributed by atoms with van der Waals surface area (Å²) in [6, 6.07) is -0.816. The van der Waals surface area contributed by atoms with Crippen LogP contribution >= 0.6 is 20.5 Å². The number of hydrogen-bond acceptors (Lipinski definition) is 12. The van der Waals surface area contributed by atoms with Gasteiger partial charge in [0.1, 0.15) is 24.4 Å². The van der Waals surface area contributed by atoms with Crippen molar-refractivity contribution in [2.45, 2.75) is 30.6 Å². The van der Waals surface area contributed by atoms with Crippen molar-refractivity contribution in [3.05, 3.63) is 16.7 Å². The molecule has 3 heterocycles. The number of imidazole rings is 1. The molecule has 174 valence electrons. The van der Waals surface area contributed by atoms with Crippen LogP contribution in [-0.2, 0) is 18.6 Å². The molecule has 0 aromatic carbocycles. The van der Waals surface area contributed by atoms with Crippen LogP contribution in [0.3, 0.4) is 0 Å². The molecule has 18 heteroatoms. The van der Waals surface area contributed by atoms with Crippen molar-refractivity contribution in [2.75, 3.05) is 18.1 Å². The molecule has 1 unspecified atom stereocenters. The second kappa shape index (κ2) is 10.0. The molecular formula is C13H21N6O10PS. The Morgan fingerprint density at radius 3 is 2.58 bits per heavy atom. The monoisotopic (exact) mass is 484 g/mol. The van der Waals surface area contributed by atoms with Crippen LogP contribution < -0.4 is 17.0 Å². The van der Waals surface area contributed by atoms with Gasteiger partial charge in [0.15, 0.2) is 17.4 Å². The number of anilines is 1. The Morgan fingerprint density at radius 2 is 2.06 bits per heavy atom. The number of aliphatic hydroxyl groups is 2. The van der Waals surface area contributed by atoms with Crippen molar-refractivity contribution >= 4 is 43.5 Å². The number of nitrogens with two attached hydrogens (primary N) is 2. The van der Waals surface area contributed by atoms with Gasteiger partial charge in [-0.1, -0.05) is 0 Å². The van der Waals surface area contributed by atoms with Crippen LogP contribution in [0.5, 0.6) is 0 Å². The SMILES string of the molecule is NC(CS)C(=O)O.Nc1nc2c(ncn2[C@@H]2O[C@H](COP(=O)(O)O)[C@@H](O)[C@H]2O)c(=O)[nH]1. The molecule has 1 fully saturated rings. The highest BCUT2D eigenvalue weighted by atomic mass is 32.1. The minimum atomic E-state index is -4.76. The molecular weight excluding hydrogens is 463 g/mol. The van der Waals surface area contributed by atoms with Gasteiger partial charge in [0.05, 0.1) is 12.9 Å². The number of aliphatic carboxylic acids is 1. The maximum Gasteiger partial charge on any atom is 0.469 e. The van der Waals surface area contributed by atoms with Crippen molar-refractivity contribution in [3.63, 3.8) is 0 Å². The quantitative estimate of drug-likeness (QED) is 0.144. The zero-order chi connectivity index (χ0) is 23.5. The number of carboxylic acids is 1. The standard InChI is InChI=1S/C10H14N5O8P.C3H7NO2S/c11-10-13-7-4(8(18)14-10)12-2-15(7)9-6(17)5(16)3(23-9)1-22-24(19,20)21;4-2(1-7)3(5)6/h2-3,5-6,9,16-17H,1H2,(H2,19,20,21)(H3,11,13,14,18);2,7H,1,4H2,(H,5,6)/t3-,5-,6-,9-;/m1./s1. The van der Waals surface area contributed by atoms with Crippen LogP contribution in [0.2, 0.25) is 0 Å². The van der Waals surface area contributed by atoms with E-state index < -0.39 is 56.5 Å². The van der Waals surface area contributed by atoms with Crippen molar-refractivity contribution in [1.82, 2.24) is 19.5 Å². The summed E-state index contributed by atoms with van der Waals surface area (Å²) in [6.45, 7) is -0.651. The van der Waals surface area contributed by atoms with Gasteiger partial charge in [-0.15, -0.1) is 0 Å². The summed E-state index contributed by atoms with van der Waals surface area (Å²) in [5, 5.41) is 28.1. The highest BCUT2D eigenvalue weighted by molar-refractivity contribution is 7.80. The minimum absolute atomic E-state index is 0.0176. The number of phosphoric acid groups is 1. The summed E-state index contributed by atoms with van der Waals surface area (Å²) < 4.78 is 21.6. The van der Waals surface area contributed by atoms with Gasteiger partial charge >= 0.3 is 13.8 Å². The van der Waals surface area contributed by atoms with Gasteiger partial charge in [-0.2, -0.15) is 17.6 Å². The van der Waals surface area contributed by atoms with Crippen molar-refractivity contribution in [3.8, 4) is 0 Å². The third-order valence-electron chi connectivity index (χ3n) is 3.98. The second-order valence-corrected chi connectivity index (χ2v) is 7.84. The average Bonchev–Trinajstić information content (AvgIpc) is 3.21. The summed E-state index contributed by atoms with van der Waals surface area (Å²) in [6.07, 6.45) is -4.22. The number of aromatic amines is 1. The smallest absolute Gasteiger partial charge is 0.469 e. The molecule has 3 rings (SSSR count).